The fourth-order valence-electron chi connectivity index (χ4n) is 7.53. The highest BCUT2D eigenvalue weighted by molar-refractivity contribution is 7.86. The van der Waals surface area contributed by atoms with Crippen LogP contribution in [0.5, 0.6) is 0 Å². The van der Waals surface area contributed by atoms with Gasteiger partial charge in [-0.15, -0.1) is 0 Å². The van der Waals surface area contributed by atoms with Crippen molar-refractivity contribution in [3.8, 4) is 0 Å². The van der Waals surface area contributed by atoms with Crippen LogP contribution < -0.4 is 22.5 Å². The second-order valence-corrected chi connectivity index (χ2v) is 16.0. The van der Waals surface area contributed by atoms with Gasteiger partial charge in [-0.1, -0.05) is 96.1 Å². The summed E-state index contributed by atoms with van der Waals surface area (Å²) in [5.41, 5.74) is 8.35. The Morgan fingerprint density at radius 3 is 1.71 bits per heavy atom. The van der Waals surface area contributed by atoms with E-state index in [0.717, 1.165) is 16.7 Å². The molecular formula is C40H41N7O10S. The number of aromatic nitrogens is 4. The number of aryl methyl sites for hydroxylation is 2. The Morgan fingerprint density at radius 2 is 1.22 bits per heavy atom. The van der Waals surface area contributed by atoms with Crippen LogP contribution in [-0.2, 0) is 34.1 Å². The summed E-state index contributed by atoms with van der Waals surface area (Å²) in [6.07, 6.45) is -2.65. The highest BCUT2D eigenvalue weighted by Gasteiger charge is 2.45. The van der Waals surface area contributed by atoms with Crippen LogP contribution in [0.1, 0.15) is 59.5 Å². The Kier molecular flexibility index (Phi) is 11.8. The number of hydrogen-bond donors (Lipinski definition) is 2. The van der Waals surface area contributed by atoms with Crippen molar-refractivity contribution in [3.63, 3.8) is 0 Å². The average molecular weight is 812 g/mol. The van der Waals surface area contributed by atoms with E-state index in [9.17, 15) is 33.1 Å². The van der Waals surface area contributed by atoms with Gasteiger partial charge < -0.3 is 14.2 Å². The highest BCUT2D eigenvalue weighted by atomic mass is 32.2. The van der Waals surface area contributed by atoms with Crippen molar-refractivity contribution in [1.82, 2.24) is 19.1 Å². The van der Waals surface area contributed by atoms with Crippen LogP contribution in [0.3, 0.4) is 0 Å². The van der Waals surface area contributed by atoms with Crippen molar-refractivity contribution < 1.29 is 26.8 Å². The minimum Gasteiger partial charge on any atom is -0.358 e. The number of benzene rings is 3. The average Bonchev–Trinajstić information content (AvgIpc) is 3.81. The molecule has 2 aliphatic heterocycles. The number of azide groups is 1. The number of hydrogen-bond acceptors (Lipinski definition) is 11. The molecule has 0 bridgehead atoms. The third-order valence-electron chi connectivity index (χ3n) is 10.4. The van der Waals surface area contributed by atoms with E-state index >= 15 is 0 Å². The van der Waals surface area contributed by atoms with E-state index in [1.165, 1.54) is 35.4 Å². The molecule has 2 aromatic heterocycles. The molecule has 0 radical (unpaired) electrons. The molecule has 18 heteroatoms. The zero-order valence-corrected chi connectivity index (χ0v) is 32.4. The third kappa shape index (κ3) is 8.38. The number of H-pyrrole nitrogens is 2. The molecule has 0 aliphatic carbocycles. The number of aromatic amines is 2. The van der Waals surface area contributed by atoms with E-state index < -0.39 is 80.8 Å². The fraction of sp³-hybridized carbons (Fsp3) is 0.350. The quantitative estimate of drug-likeness (QED) is 0.0537. The van der Waals surface area contributed by atoms with Crippen molar-refractivity contribution in [3.05, 3.63) is 183 Å². The monoisotopic (exact) mass is 811 g/mol. The van der Waals surface area contributed by atoms with Crippen molar-refractivity contribution in [2.45, 2.75) is 75.5 Å². The maximum atomic E-state index is 13.8. The molecule has 2 fully saturated rings. The summed E-state index contributed by atoms with van der Waals surface area (Å²) >= 11 is 0. The summed E-state index contributed by atoms with van der Waals surface area (Å²) in [5, 5.41) is 3.79. The van der Waals surface area contributed by atoms with Gasteiger partial charge in [0.25, 0.3) is 21.2 Å². The Bertz CT molecular complexity index is 2550. The molecule has 2 saturated heterocycles. The smallest absolute Gasteiger partial charge is 0.330 e. The van der Waals surface area contributed by atoms with E-state index in [2.05, 4.69) is 20.0 Å². The van der Waals surface area contributed by atoms with E-state index in [1.54, 1.807) is 0 Å². The summed E-state index contributed by atoms with van der Waals surface area (Å²) in [6.45, 7) is 2.85. The molecule has 2 aliphatic rings. The van der Waals surface area contributed by atoms with Gasteiger partial charge >= 0.3 is 11.4 Å². The van der Waals surface area contributed by atoms with Gasteiger partial charge in [-0.25, -0.2) is 9.59 Å². The van der Waals surface area contributed by atoms with Crippen molar-refractivity contribution >= 4 is 10.1 Å². The first kappa shape index (κ1) is 40.3. The molecule has 0 amide bonds. The summed E-state index contributed by atoms with van der Waals surface area (Å²) in [6, 6.07) is 27.9. The molecule has 3 aromatic carbocycles. The lowest BCUT2D eigenvalue weighted by Gasteiger charge is -2.37. The molecule has 5 aromatic rings. The summed E-state index contributed by atoms with van der Waals surface area (Å²) in [4.78, 5) is 57.1. The summed E-state index contributed by atoms with van der Waals surface area (Å²) in [7, 11) is -4.38. The van der Waals surface area contributed by atoms with Crippen LogP contribution in [0, 0.1) is 13.8 Å². The van der Waals surface area contributed by atoms with E-state index in [4.69, 9.17) is 18.4 Å². The first-order chi connectivity index (χ1) is 27.9. The zero-order chi connectivity index (χ0) is 41.0. The molecule has 0 spiro atoms. The molecular weight excluding hydrogens is 771 g/mol. The molecule has 7 rings (SSSR count). The lowest BCUT2D eigenvalue weighted by molar-refractivity contribution is -0.0911. The van der Waals surface area contributed by atoms with Gasteiger partial charge in [0, 0.05) is 41.3 Å². The SMILES string of the molecule is Cc1cn([C@H]2C[C@H](N=[N+]=[N-])[C@@H](CCS(=O)(=O)O[C@H]3C[C@H](n4cc(C)c(=O)[nH]c4=O)O[C@@H]3COC(c3ccccc3)(c3ccccc3)c3ccccc3)O2)c(=O)[nH]c1=O. The normalized spacial score (nSPS) is 22.1. The molecule has 302 valence electrons. The van der Waals surface area contributed by atoms with Crippen LogP contribution in [-0.4, -0.2) is 64.2 Å². The second kappa shape index (κ2) is 16.9. The summed E-state index contributed by atoms with van der Waals surface area (Å²) < 4.78 is 55.3. The van der Waals surface area contributed by atoms with Crippen LogP contribution in [0.2, 0.25) is 0 Å². The maximum Gasteiger partial charge on any atom is 0.330 e. The number of nitrogens with one attached hydrogen (secondary N) is 2. The van der Waals surface area contributed by atoms with Crippen LogP contribution in [0.4, 0.5) is 0 Å². The van der Waals surface area contributed by atoms with Gasteiger partial charge in [-0.05, 0) is 42.5 Å². The standard InChI is InChI=1S/C40H41N7O10S/c1-25-22-46(38(50)42-36(25)48)34-20-30(44-45-41)31(55-34)18-19-58(52,53)57-32-21-35(47-23-26(2)37(49)43-39(47)51)56-33(32)24-54-40(27-12-6-3-7-13-27,28-14-8-4-9-15-28)29-16-10-5-11-17-29/h3-17,22-23,30-35H,18-21,24H2,1-2H3,(H,42,48,50)(H,43,49,51)/t30-,31+,32-,33+,34+,35+/m0/s1. The van der Waals surface area contributed by atoms with Gasteiger partial charge in [0.2, 0.25) is 0 Å². The minimum atomic E-state index is -4.38. The molecule has 6 atom stereocenters. The first-order valence-electron chi connectivity index (χ1n) is 18.6. The van der Waals surface area contributed by atoms with Gasteiger partial charge in [0.1, 0.15) is 30.3 Å². The fourth-order valence-corrected chi connectivity index (χ4v) is 8.73. The lowest BCUT2D eigenvalue weighted by Crippen LogP contribution is -2.39. The van der Waals surface area contributed by atoms with Crippen molar-refractivity contribution in [1.29, 1.82) is 0 Å². The van der Waals surface area contributed by atoms with E-state index in [0.29, 0.717) is 0 Å². The van der Waals surface area contributed by atoms with Crippen LogP contribution in [0.25, 0.3) is 10.4 Å². The topological polar surface area (TPSA) is 230 Å². The molecule has 0 saturated carbocycles. The molecule has 17 nitrogen and oxygen atoms in total. The van der Waals surface area contributed by atoms with E-state index in [-0.39, 0.29) is 37.0 Å². The zero-order valence-electron chi connectivity index (χ0n) is 31.5. The highest BCUT2D eigenvalue weighted by Crippen LogP contribution is 2.42. The van der Waals surface area contributed by atoms with E-state index in [1.807, 2.05) is 91.0 Å². The second-order valence-electron chi connectivity index (χ2n) is 14.2. The van der Waals surface area contributed by atoms with Gasteiger partial charge in [0.15, 0.2) is 0 Å². The Morgan fingerprint density at radius 1 is 0.759 bits per heavy atom. The largest absolute Gasteiger partial charge is 0.358 e. The van der Waals surface area contributed by atoms with Crippen LogP contribution >= 0.6 is 0 Å². The molecule has 4 heterocycles. The molecule has 0 unspecified atom stereocenters. The number of ether oxygens (including phenoxy) is 3. The Labute approximate surface area is 331 Å². The predicted octanol–water partition coefficient (Wildman–Crippen LogP) is 4.07. The van der Waals surface area contributed by atoms with Gasteiger partial charge in [-0.3, -0.25) is 32.9 Å². The van der Waals surface area contributed by atoms with Crippen molar-refractivity contribution in [2.24, 2.45) is 5.11 Å². The summed E-state index contributed by atoms with van der Waals surface area (Å²) in [5.74, 6) is -0.574. The van der Waals surface area contributed by atoms with Crippen LogP contribution in [0.15, 0.2) is 128 Å². The Hall–Kier alpha value is -5.88. The van der Waals surface area contributed by atoms with Crippen molar-refractivity contribution in [2.75, 3.05) is 12.4 Å². The first-order valence-corrected chi connectivity index (χ1v) is 20.2. The Balaban J connectivity index is 1.17. The lowest BCUT2D eigenvalue weighted by atomic mass is 9.80. The molecule has 58 heavy (non-hydrogen) atoms. The molecule has 2 N–H and O–H groups in total. The third-order valence-corrected chi connectivity index (χ3v) is 11.7. The maximum absolute atomic E-state index is 13.8. The predicted molar refractivity (Wildman–Crippen MR) is 211 cm³/mol. The number of rotatable bonds is 14. The minimum absolute atomic E-state index is 0.0535. The number of nitrogens with zero attached hydrogens (tertiary/aromatic N) is 5. The van der Waals surface area contributed by atoms with Gasteiger partial charge in [-0.2, -0.15) is 8.42 Å². The van der Waals surface area contributed by atoms with Gasteiger partial charge in [0.05, 0.1) is 24.5 Å².